The molecule has 0 aromatic carbocycles. The van der Waals surface area contributed by atoms with Crippen LogP contribution in [-0.2, 0) is 0 Å². The molecule has 0 spiro atoms. The van der Waals surface area contributed by atoms with Crippen LogP contribution in [0.5, 0.6) is 0 Å². The Bertz CT molecular complexity index is 66.1. The number of hydrogen-bond donors (Lipinski definition) is 2. The van der Waals surface area contributed by atoms with Gasteiger partial charge in [0.25, 0.3) is 0 Å². The second-order valence-corrected chi connectivity index (χ2v) is 2.57. The summed E-state index contributed by atoms with van der Waals surface area (Å²) >= 11 is 0. The molecule has 0 bridgehead atoms. The van der Waals surface area contributed by atoms with Gasteiger partial charge >= 0.3 is 0 Å². The van der Waals surface area contributed by atoms with Gasteiger partial charge in [-0.1, -0.05) is 6.92 Å². The molecule has 0 saturated heterocycles. The first-order valence-corrected chi connectivity index (χ1v) is 2.98. The van der Waals surface area contributed by atoms with E-state index in [1.807, 2.05) is 20.8 Å². The Labute approximate surface area is 52.4 Å². The second-order valence-electron chi connectivity index (χ2n) is 2.57. The van der Waals surface area contributed by atoms with Gasteiger partial charge in [-0.05, 0) is 20.4 Å². The second kappa shape index (κ2) is 3.05. The van der Waals surface area contributed by atoms with Crippen molar-refractivity contribution < 1.29 is 6.53 Å². The minimum atomic E-state index is -0.102. The van der Waals surface area contributed by atoms with E-state index in [2.05, 4.69) is 5.32 Å². The minimum Gasteiger partial charge on any atom is -0.394 e. The van der Waals surface area contributed by atoms with Crippen molar-refractivity contribution in [1.82, 2.24) is 5.32 Å². The molecular formula is C6H17NO. The van der Waals surface area contributed by atoms with Gasteiger partial charge in [0.1, 0.15) is 0 Å². The third-order valence-corrected chi connectivity index (χ3v) is 1.05. The van der Waals surface area contributed by atoms with E-state index in [4.69, 9.17) is 5.11 Å². The molecule has 0 aliphatic carbocycles. The predicted molar refractivity (Wildman–Crippen MR) is 37.0 cm³/mol. The van der Waals surface area contributed by atoms with E-state index in [0.717, 1.165) is 6.54 Å². The van der Waals surface area contributed by atoms with E-state index in [1.54, 1.807) is 0 Å². The van der Waals surface area contributed by atoms with Gasteiger partial charge in [-0.15, -0.1) is 0 Å². The Morgan fingerprint density at radius 1 is 1.62 bits per heavy atom. The van der Waals surface area contributed by atoms with Gasteiger partial charge in [0.05, 0.1) is 6.61 Å². The molecular weight excluding hydrogens is 102 g/mol. The Balaban J connectivity index is 0. The normalized spacial score (nSPS) is 12.0. The molecule has 0 aliphatic heterocycles. The summed E-state index contributed by atoms with van der Waals surface area (Å²) in [6.07, 6.45) is 0. The molecule has 52 valence electrons. The number of nitrogens with one attached hydrogen (secondary N) is 1. The average molecular weight is 119 g/mol. The average Bonchev–Trinajstić information content (AvgIpc) is 1.67. The van der Waals surface area contributed by atoms with Crippen LogP contribution in [0.2, 0.25) is 0 Å². The van der Waals surface area contributed by atoms with E-state index >= 15 is 0 Å². The van der Waals surface area contributed by atoms with Gasteiger partial charge in [0.15, 0.2) is 0 Å². The van der Waals surface area contributed by atoms with Crippen LogP contribution in [0.3, 0.4) is 0 Å². The number of hydrogen-bond acceptors (Lipinski definition) is 2. The van der Waals surface area contributed by atoms with Crippen LogP contribution in [0.4, 0.5) is 0 Å². The SMILES string of the molecule is CCNC(C)(C)CO.[HH]. The molecule has 0 rings (SSSR count). The molecule has 0 aliphatic rings. The summed E-state index contributed by atoms with van der Waals surface area (Å²) in [7, 11) is 0. The summed E-state index contributed by atoms with van der Waals surface area (Å²) in [6.45, 7) is 7.07. The number of likely N-dealkylation sites (N-methyl/N-ethyl adjacent to an activating group) is 1. The standard InChI is InChI=1S/C6H15NO.H2/c1-4-7-6(2,3)5-8;/h7-8H,4-5H2,1-3H3;1H. The van der Waals surface area contributed by atoms with Gasteiger partial charge < -0.3 is 10.4 Å². The maximum absolute atomic E-state index is 8.66. The molecule has 2 nitrogen and oxygen atoms in total. The van der Waals surface area contributed by atoms with Crippen LogP contribution >= 0.6 is 0 Å². The van der Waals surface area contributed by atoms with Crippen molar-refractivity contribution in [3.8, 4) is 0 Å². The van der Waals surface area contributed by atoms with E-state index in [0.29, 0.717) is 0 Å². The lowest BCUT2D eigenvalue weighted by Crippen LogP contribution is -2.42. The lowest BCUT2D eigenvalue weighted by Gasteiger charge is -2.21. The minimum absolute atomic E-state index is 0. The fourth-order valence-electron chi connectivity index (χ4n) is 0.534. The van der Waals surface area contributed by atoms with Crippen molar-refractivity contribution in [2.45, 2.75) is 26.3 Å². The lowest BCUT2D eigenvalue weighted by molar-refractivity contribution is 0.191. The first-order valence-electron chi connectivity index (χ1n) is 2.98. The zero-order valence-corrected chi connectivity index (χ0v) is 5.86. The van der Waals surface area contributed by atoms with Crippen molar-refractivity contribution in [1.29, 1.82) is 0 Å². The maximum Gasteiger partial charge on any atom is 0.0607 e. The van der Waals surface area contributed by atoms with Crippen molar-refractivity contribution in [2.24, 2.45) is 0 Å². The highest BCUT2D eigenvalue weighted by Gasteiger charge is 2.12. The predicted octanol–water partition coefficient (Wildman–Crippen LogP) is 0.613. The number of aliphatic hydroxyl groups is 1. The Hall–Kier alpha value is -0.0800. The summed E-state index contributed by atoms with van der Waals surface area (Å²) in [5, 5.41) is 11.8. The van der Waals surface area contributed by atoms with E-state index < -0.39 is 0 Å². The molecule has 0 radical (unpaired) electrons. The molecule has 2 heteroatoms. The molecule has 0 heterocycles. The van der Waals surface area contributed by atoms with E-state index in [9.17, 15) is 0 Å². The maximum atomic E-state index is 8.66. The number of aliphatic hydroxyl groups excluding tert-OH is 1. The number of rotatable bonds is 3. The quantitative estimate of drug-likeness (QED) is 0.570. The van der Waals surface area contributed by atoms with Crippen LogP contribution in [0.1, 0.15) is 22.2 Å². The third-order valence-electron chi connectivity index (χ3n) is 1.05. The summed E-state index contributed by atoms with van der Waals surface area (Å²) in [6, 6.07) is 0. The topological polar surface area (TPSA) is 32.3 Å². The van der Waals surface area contributed by atoms with Crippen molar-refractivity contribution >= 4 is 0 Å². The lowest BCUT2D eigenvalue weighted by atomic mass is 10.1. The molecule has 0 atom stereocenters. The first-order chi connectivity index (χ1) is 3.62. The molecule has 0 aromatic heterocycles. The third kappa shape index (κ3) is 2.99. The summed E-state index contributed by atoms with van der Waals surface area (Å²) < 4.78 is 0. The van der Waals surface area contributed by atoms with Crippen LogP contribution in [0.15, 0.2) is 0 Å². The molecule has 0 unspecified atom stereocenters. The fraction of sp³-hybridized carbons (Fsp3) is 1.00. The molecule has 0 saturated carbocycles. The first kappa shape index (κ1) is 7.92. The molecule has 2 N–H and O–H groups in total. The highest BCUT2D eigenvalue weighted by molar-refractivity contribution is 4.74. The van der Waals surface area contributed by atoms with Gasteiger partial charge in [0.2, 0.25) is 0 Å². The van der Waals surface area contributed by atoms with Crippen molar-refractivity contribution in [3.63, 3.8) is 0 Å². The van der Waals surface area contributed by atoms with Crippen molar-refractivity contribution in [2.75, 3.05) is 13.2 Å². The van der Waals surface area contributed by atoms with Gasteiger partial charge in [-0.3, -0.25) is 0 Å². The van der Waals surface area contributed by atoms with Crippen LogP contribution in [0.25, 0.3) is 0 Å². The Morgan fingerprint density at radius 2 is 2.12 bits per heavy atom. The molecule has 0 aromatic rings. The smallest absolute Gasteiger partial charge is 0.0607 e. The molecule has 0 amide bonds. The monoisotopic (exact) mass is 119 g/mol. The molecule has 8 heavy (non-hydrogen) atoms. The largest absolute Gasteiger partial charge is 0.394 e. The summed E-state index contributed by atoms with van der Waals surface area (Å²) in [4.78, 5) is 0. The van der Waals surface area contributed by atoms with Crippen LogP contribution in [0, 0.1) is 0 Å². The Morgan fingerprint density at radius 3 is 2.25 bits per heavy atom. The van der Waals surface area contributed by atoms with Gasteiger partial charge in [-0.25, -0.2) is 0 Å². The highest BCUT2D eigenvalue weighted by Crippen LogP contribution is 1.97. The zero-order valence-electron chi connectivity index (χ0n) is 5.86. The van der Waals surface area contributed by atoms with Crippen LogP contribution < -0.4 is 5.32 Å². The van der Waals surface area contributed by atoms with E-state index in [-0.39, 0.29) is 13.6 Å². The Kier molecular flexibility index (Phi) is 3.02. The zero-order chi connectivity index (χ0) is 6.62. The fourth-order valence-corrected chi connectivity index (χ4v) is 0.534. The van der Waals surface area contributed by atoms with Gasteiger partial charge in [0, 0.05) is 6.97 Å². The summed E-state index contributed by atoms with van der Waals surface area (Å²) in [5.74, 6) is 0. The van der Waals surface area contributed by atoms with Crippen molar-refractivity contribution in [3.05, 3.63) is 0 Å². The summed E-state index contributed by atoms with van der Waals surface area (Å²) in [5.41, 5.74) is -0.102. The van der Waals surface area contributed by atoms with E-state index in [1.165, 1.54) is 0 Å². The molecule has 0 fully saturated rings. The highest BCUT2D eigenvalue weighted by atomic mass is 16.3. The van der Waals surface area contributed by atoms with Crippen LogP contribution in [-0.4, -0.2) is 23.8 Å². The van der Waals surface area contributed by atoms with Gasteiger partial charge in [-0.2, -0.15) is 0 Å².